The highest BCUT2D eigenvalue weighted by Crippen LogP contribution is 2.49. The van der Waals surface area contributed by atoms with Crippen molar-refractivity contribution in [3.63, 3.8) is 0 Å². The zero-order valence-corrected chi connectivity index (χ0v) is 21.3. The number of carbonyl (C=O) groups is 2. The van der Waals surface area contributed by atoms with Gasteiger partial charge in [0.15, 0.2) is 11.5 Å². The van der Waals surface area contributed by atoms with Crippen LogP contribution in [0.3, 0.4) is 0 Å². The van der Waals surface area contributed by atoms with Gasteiger partial charge in [0.05, 0.1) is 23.3 Å². The molecule has 37 heavy (non-hydrogen) atoms. The average Bonchev–Trinajstić information content (AvgIpc) is 3.50. The molecule has 1 aliphatic carbocycles. The van der Waals surface area contributed by atoms with E-state index in [2.05, 4.69) is 15.3 Å². The molecule has 2 fully saturated rings. The number of nitrogens with zero attached hydrogens (tertiary/aromatic N) is 2. The van der Waals surface area contributed by atoms with Crippen LogP contribution < -0.4 is 19.5 Å². The lowest BCUT2D eigenvalue weighted by Gasteiger charge is -2.32. The quantitative estimate of drug-likeness (QED) is 0.500. The van der Waals surface area contributed by atoms with Gasteiger partial charge in [0.2, 0.25) is 12.7 Å². The Labute approximate surface area is 215 Å². The lowest BCUT2D eigenvalue weighted by molar-refractivity contribution is -0.131. The number of hydrogen-bond donors (Lipinski definition) is 2. The van der Waals surface area contributed by atoms with Gasteiger partial charge in [0, 0.05) is 43.0 Å². The third-order valence-electron chi connectivity index (χ3n) is 7.53. The van der Waals surface area contributed by atoms with Gasteiger partial charge in [-0.25, -0.2) is 0 Å². The van der Waals surface area contributed by atoms with E-state index in [1.165, 1.54) is 12.8 Å². The molecule has 1 saturated carbocycles. The fourth-order valence-electron chi connectivity index (χ4n) is 5.27. The molecule has 2 aliphatic heterocycles. The van der Waals surface area contributed by atoms with Gasteiger partial charge in [-0.2, -0.15) is 0 Å². The van der Waals surface area contributed by atoms with Crippen molar-refractivity contribution in [2.45, 2.75) is 52.0 Å². The maximum atomic E-state index is 13.4. The molecule has 4 heterocycles. The number of benzene rings is 1. The van der Waals surface area contributed by atoms with Crippen molar-refractivity contribution >= 4 is 22.8 Å². The van der Waals surface area contributed by atoms with Crippen molar-refractivity contribution in [2.75, 3.05) is 26.5 Å². The highest BCUT2D eigenvalue weighted by Gasteiger charge is 2.30. The Kier molecular flexibility index (Phi) is 6.14. The van der Waals surface area contributed by atoms with E-state index in [4.69, 9.17) is 14.2 Å². The molecule has 2 amide bonds. The van der Waals surface area contributed by atoms with Gasteiger partial charge in [0.25, 0.3) is 5.91 Å². The minimum absolute atomic E-state index is 0.0197. The van der Waals surface area contributed by atoms with Gasteiger partial charge in [-0.3, -0.25) is 14.6 Å². The van der Waals surface area contributed by atoms with Gasteiger partial charge in [0.1, 0.15) is 11.3 Å². The Balaban J connectivity index is 1.31. The van der Waals surface area contributed by atoms with Crippen LogP contribution in [0.1, 0.15) is 55.1 Å². The second-order valence-corrected chi connectivity index (χ2v) is 10.1. The van der Waals surface area contributed by atoms with E-state index in [0.717, 1.165) is 40.9 Å². The molecule has 0 spiro atoms. The molecule has 9 nitrogen and oxygen atoms in total. The lowest BCUT2D eigenvalue weighted by Crippen LogP contribution is -2.46. The number of fused-ring (bicyclic) bond motifs is 2. The molecule has 2 N–H and O–H groups in total. The first-order valence-electron chi connectivity index (χ1n) is 13.1. The van der Waals surface area contributed by atoms with Crippen LogP contribution >= 0.6 is 0 Å². The number of rotatable bonds is 7. The summed E-state index contributed by atoms with van der Waals surface area (Å²) in [6.07, 6.45) is 6.11. The van der Waals surface area contributed by atoms with E-state index in [0.29, 0.717) is 54.6 Å². The Bertz CT molecular complexity index is 1350. The van der Waals surface area contributed by atoms with E-state index in [9.17, 15) is 9.59 Å². The molecule has 0 radical (unpaired) electrons. The molecule has 3 aromatic rings. The number of piperidine rings is 1. The monoisotopic (exact) mass is 504 g/mol. The van der Waals surface area contributed by atoms with Crippen molar-refractivity contribution in [1.82, 2.24) is 20.2 Å². The third kappa shape index (κ3) is 4.47. The van der Waals surface area contributed by atoms with E-state index in [-0.39, 0.29) is 24.6 Å². The number of aromatic nitrogens is 2. The molecule has 0 unspecified atom stereocenters. The minimum Gasteiger partial charge on any atom is -0.493 e. The summed E-state index contributed by atoms with van der Waals surface area (Å²) in [4.78, 5) is 35.3. The first-order chi connectivity index (χ1) is 18.0. The number of amides is 2. The first kappa shape index (κ1) is 23.6. The van der Waals surface area contributed by atoms with Crippen LogP contribution in [0, 0.1) is 12.8 Å². The molecular formula is C28H32N4O5. The zero-order valence-electron chi connectivity index (χ0n) is 21.3. The molecule has 0 atom stereocenters. The zero-order chi connectivity index (χ0) is 25.5. The number of aromatic amines is 1. The third-order valence-corrected chi connectivity index (χ3v) is 7.53. The second-order valence-electron chi connectivity index (χ2n) is 10.1. The van der Waals surface area contributed by atoms with Crippen LogP contribution in [-0.4, -0.2) is 59.2 Å². The Morgan fingerprint density at radius 3 is 2.73 bits per heavy atom. The SMILES string of the molecule is CCC(=O)N1CCC(NC(=O)c2c(C)[nH]c3c(-c4c(OCC5CC5)ccc5c4OCO5)ccnc23)CC1. The fourth-order valence-corrected chi connectivity index (χ4v) is 5.27. The lowest BCUT2D eigenvalue weighted by atomic mass is 10.0. The standard InChI is InChI=1S/C28H32N4O5/c1-3-22(33)32-12-9-18(10-13-32)31-28(34)23-16(2)30-25-19(8-11-29-26(23)25)24-20(35-14-17-4-5-17)6-7-21-27(24)37-15-36-21/h6-8,11,17-18,30H,3-5,9-10,12-15H2,1-2H3,(H,31,34). The van der Waals surface area contributed by atoms with E-state index >= 15 is 0 Å². The van der Waals surface area contributed by atoms with E-state index in [1.54, 1.807) is 6.20 Å². The fraction of sp³-hybridized carbons (Fsp3) is 0.464. The molecule has 2 aromatic heterocycles. The summed E-state index contributed by atoms with van der Waals surface area (Å²) >= 11 is 0. The molecule has 6 rings (SSSR count). The van der Waals surface area contributed by atoms with Gasteiger partial charge in [-0.15, -0.1) is 0 Å². The maximum Gasteiger partial charge on any atom is 0.255 e. The van der Waals surface area contributed by atoms with Gasteiger partial charge in [-0.1, -0.05) is 6.92 Å². The van der Waals surface area contributed by atoms with Crippen LogP contribution in [-0.2, 0) is 4.79 Å². The van der Waals surface area contributed by atoms with Crippen molar-refractivity contribution < 1.29 is 23.8 Å². The van der Waals surface area contributed by atoms with Crippen LogP contribution in [0.4, 0.5) is 0 Å². The number of aryl methyl sites for hydroxylation is 1. The number of carbonyl (C=O) groups excluding carboxylic acids is 2. The number of ether oxygens (including phenoxy) is 3. The van der Waals surface area contributed by atoms with Crippen LogP contribution in [0.25, 0.3) is 22.2 Å². The Morgan fingerprint density at radius 2 is 1.97 bits per heavy atom. The molecule has 1 aromatic carbocycles. The molecule has 194 valence electrons. The molecular weight excluding hydrogens is 472 g/mol. The number of nitrogens with one attached hydrogen (secondary N) is 2. The summed E-state index contributed by atoms with van der Waals surface area (Å²) in [6, 6.07) is 5.74. The van der Waals surface area contributed by atoms with Crippen molar-refractivity contribution in [3.8, 4) is 28.4 Å². The topological polar surface area (TPSA) is 106 Å². The molecule has 1 saturated heterocycles. The summed E-state index contributed by atoms with van der Waals surface area (Å²) in [6.45, 7) is 5.92. The van der Waals surface area contributed by atoms with Gasteiger partial charge in [-0.05, 0) is 56.7 Å². The van der Waals surface area contributed by atoms with Gasteiger partial charge >= 0.3 is 0 Å². The summed E-state index contributed by atoms with van der Waals surface area (Å²) in [5.41, 5.74) is 4.31. The molecule has 0 bridgehead atoms. The normalized spacial score (nSPS) is 17.3. The van der Waals surface area contributed by atoms with E-state index in [1.807, 2.05) is 36.9 Å². The summed E-state index contributed by atoms with van der Waals surface area (Å²) in [5.74, 6) is 2.66. The van der Waals surface area contributed by atoms with Crippen LogP contribution in [0.5, 0.6) is 17.2 Å². The number of H-pyrrole nitrogens is 1. The van der Waals surface area contributed by atoms with Gasteiger partial charge < -0.3 is 29.4 Å². The second kappa shape index (κ2) is 9.61. The first-order valence-corrected chi connectivity index (χ1v) is 13.1. The Morgan fingerprint density at radius 1 is 1.16 bits per heavy atom. The number of hydrogen-bond acceptors (Lipinski definition) is 6. The van der Waals surface area contributed by atoms with Crippen molar-refractivity contribution in [1.29, 1.82) is 0 Å². The number of pyridine rings is 1. The predicted octanol–water partition coefficient (Wildman–Crippen LogP) is 4.19. The highest BCUT2D eigenvalue weighted by atomic mass is 16.7. The summed E-state index contributed by atoms with van der Waals surface area (Å²) in [5, 5.41) is 3.18. The summed E-state index contributed by atoms with van der Waals surface area (Å²) in [7, 11) is 0. The maximum absolute atomic E-state index is 13.4. The van der Waals surface area contributed by atoms with Crippen LogP contribution in [0.2, 0.25) is 0 Å². The molecule has 9 heteroatoms. The minimum atomic E-state index is -0.156. The van der Waals surface area contributed by atoms with Crippen molar-refractivity contribution in [2.24, 2.45) is 5.92 Å². The highest BCUT2D eigenvalue weighted by molar-refractivity contribution is 6.10. The van der Waals surface area contributed by atoms with Crippen molar-refractivity contribution in [3.05, 3.63) is 35.7 Å². The number of likely N-dealkylation sites (tertiary alicyclic amines) is 1. The largest absolute Gasteiger partial charge is 0.493 e. The smallest absolute Gasteiger partial charge is 0.255 e. The predicted molar refractivity (Wildman–Crippen MR) is 138 cm³/mol. The molecule has 3 aliphatic rings. The Hall–Kier alpha value is -3.75. The summed E-state index contributed by atoms with van der Waals surface area (Å²) < 4.78 is 17.8. The van der Waals surface area contributed by atoms with Crippen LogP contribution in [0.15, 0.2) is 24.4 Å². The average molecular weight is 505 g/mol. The van der Waals surface area contributed by atoms with E-state index < -0.39 is 0 Å².